The van der Waals surface area contributed by atoms with Gasteiger partial charge in [-0.15, -0.1) is 0 Å². The molecule has 2 aromatic rings. The fourth-order valence-electron chi connectivity index (χ4n) is 1.85. The molecule has 0 bridgehead atoms. The first-order valence-corrected chi connectivity index (χ1v) is 8.40. The van der Waals surface area contributed by atoms with E-state index in [4.69, 9.17) is 16.3 Å². The fourth-order valence-corrected chi connectivity index (χ4v) is 2.03. The molecule has 0 N–H and O–H groups in total. The quantitative estimate of drug-likeness (QED) is 0.574. The third kappa shape index (κ3) is 7.40. The Morgan fingerprint density at radius 2 is 2.00 bits per heavy atom. The molecule has 1 aromatic carbocycles. The SMILES string of the molecule is COC(=O)c1cc(OCc2ccccc2)ncc1Cl.[Li][CH2]CCC. The summed E-state index contributed by atoms with van der Waals surface area (Å²) in [4.78, 5) is 15.5. The summed E-state index contributed by atoms with van der Waals surface area (Å²) in [5.41, 5.74) is 1.25. The van der Waals surface area contributed by atoms with Gasteiger partial charge in [0.05, 0.1) is 23.9 Å². The number of benzene rings is 1. The summed E-state index contributed by atoms with van der Waals surface area (Å²) in [7, 11) is 1.30. The molecule has 4 nitrogen and oxygen atoms in total. The van der Waals surface area contributed by atoms with E-state index >= 15 is 0 Å². The van der Waals surface area contributed by atoms with Crippen LogP contribution < -0.4 is 4.74 Å². The first kappa shape index (κ1) is 20.6. The Hall–Kier alpha value is -1.47. The van der Waals surface area contributed by atoms with E-state index in [-0.39, 0.29) is 10.6 Å². The van der Waals surface area contributed by atoms with E-state index in [1.807, 2.05) is 30.3 Å². The van der Waals surface area contributed by atoms with Gasteiger partial charge in [0.15, 0.2) is 0 Å². The predicted octanol–water partition coefficient (Wildman–Crippen LogP) is 4.47. The number of carbonyl (C=O) groups excluding carboxylic acids is 1. The predicted molar refractivity (Wildman–Crippen MR) is 96.8 cm³/mol. The minimum absolute atomic E-state index is 0.235. The van der Waals surface area contributed by atoms with Crippen LogP contribution in [0.1, 0.15) is 35.7 Å². The van der Waals surface area contributed by atoms with Crippen molar-refractivity contribution in [3.63, 3.8) is 0 Å². The second-order valence-electron chi connectivity index (χ2n) is 5.12. The van der Waals surface area contributed by atoms with Crippen molar-refractivity contribution >= 4 is 35.3 Å². The van der Waals surface area contributed by atoms with Crippen molar-refractivity contribution in [2.75, 3.05) is 7.11 Å². The van der Waals surface area contributed by atoms with E-state index in [0.29, 0.717) is 12.5 Å². The summed E-state index contributed by atoms with van der Waals surface area (Å²) in [5, 5.41) is 1.58. The second-order valence-corrected chi connectivity index (χ2v) is 5.53. The second kappa shape index (κ2) is 12.0. The standard InChI is InChI=1S/C14H12ClNO3.C4H9.Li/c1-18-14(17)11-7-13(16-8-12(11)15)19-9-10-5-3-2-4-6-10;1-3-4-2;/h2-8H,9H2,1H3;1,3-4H2,2H3;. The number of nitrogens with zero attached hydrogens (tertiary/aromatic N) is 1. The molecule has 0 aliphatic heterocycles. The van der Waals surface area contributed by atoms with Crippen molar-refractivity contribution in [1.82, 2.24) is 4.98 Å². The van der Waals surface area contributed by atoms with Crippen LogP contribution in [0.3, 0.4) is 0 Å². The van der Waals surface area contributed by atoms with Gasteiger partial charge in [0.25, 0.3) is 0 Å². The zero-order chi connectivity index (χ0) is 17.8. The van der Waals surface area contributed by atoms with Gasteiger partial charge in [0, 0.05) is 6.07 Å². The molecule has 0 aliphatic carbocycles. The summed E-state index contributed by atoms with van der Waals surface area (Å²) in [6, 6.07) is 11.1. The topological polar surface area (TPSA) is 48.4 Å². The van der Waals surface area contributed by atoms with Crippen molar-refractivity contribution in [2.45, 2.75) is 31.5 Å². The normalized spacial score (nSPS) is 9.71. The van der Waals surface area contributed by atoms with Crippen molar-refractivity contribution in [3.05, 3.63) is 58.7 Å². The Labute approximate surface area is 157 Å². The van der Waals surface area contributed by atoms with E-state index < -0.39 is 5.97 Å². The molecule has 1 heterocycles. The molecular weight excluding hydrogens is 321 g/mol. The number of unbranched alkanes of at least 4 members (excludes halogenated alkanes) is 1. The first-order chi connectivity index (χ1) is 11.6. The molecule has 0 saturated carbocycles. The van der Waals surface area contributed by atoms with Crippen molar-refractivity contribution in [3.8, 4) is 5.88 Å². The van der Waals surface area contributed by atoms with Crippen molar-refractivity contribution in [2.24, 2.45) is 0 Å². The van der Waals surface area contributed by atoms with Crippen LogP contribution in [0.15, 0.2) is 42.6 Å². The van der Waals surface area contributed by atoms with Crippen LogP contribution >= 0.6 is 11.6 Å². The van der Waals surface area contributed by atoms with Gasteiger partial charge < -0.3 is 9.47 Å². The fraction of sp³-hybridized carbons (Fsp3) is 0.333. The summed E-state index contributed by atoms with van der Waals surface area (Å²) in [6.07, 6.45) is 4.10. The Morgan fingerprint density at radius 3 is 2.54 bits per heavy atom. The Bertz CT molecular complexity index is 621. The van der Waals surface area contributed by atoms with Crippen molar-refractivity contribution < 1.29 is 14.3 Å². The van der Waals surface area contributed by atoms with Gasteiger partial charge in [0.2, 0.25) is 5.88 Å². The maximum atomic E-state index is 11.5. The average molecular weight is 342 g/mol. The third-order valence-electron chi connectivity index (χ3n) is 3.17. The van der Waals surface area contributed by atoms with Crippen LogP contribution in [0.4, 0.5) is 0 Å². The summed E-state index contributed by atoms with van der Waals surface area (Å²) in [6.45, 7) is 2.58. The molecule has 0 unspecified atom stereocenters. The zero-order valence-corrected chi connectivity index (χ0v) is 15.2. The van der Waals surface area contributed by atoms with Crippen LogP contribution in [0.2, 0.25) is 10.1 Å². The number of rotatable bonds is 6. The summed E-state index contributed by atoms with van der Waals surface area (Å²) < 4.78 is 10.1. The van der Waals surface area contributed by atoms with E-state index in [1.165, 1.54) is 37.3 Å². The number of hydrogen-bond acceptors (Lipinski definition) is 4. The molecule has 24 heavy (non-hydrogen) atoms. The molecule has 0 atom stereocenters. The first-order valence-electron chi connectivity index (χ1n) is 8.02. The molecule has 1 aromatic heterocycles. The van der Waals surface area contributed by atoms with E-state index in [0.717, 1.165) is 5.56 Å². The molecular formula is C18H21ClLiNO3. The molecule has 0 aliphatic rings. The molecule has 2 rings (SSSR count). The summed E-state index contributed by atoms with van der Waals surface area (Å²) >= 11 is 8.08. The third-order valence-corrected chi connectivity index (χ3v) is 3.47. The Balaban J connectivity index is 0.000000505. The van der Waals surface area contributed by atoms with Crippen LogP contribution in [0.25, 0.3) is 0 Å². The average Bonchev–Trinajstić information content (AvgIpc) is 2.62. The van der Waals surface area contributed by atoms with Gasteiger partial charge >= 0.3 is 48.5 Å². The van der Waals surface area contributed by atoms with Crippen LogP contribution in [-0.4, -0.2) is 35.8 Å². The zero-order valence-electron chi connectivity index (χ0n) is 14.4. The molecule has 6 heteroatoms. The number of carbonyl (C=O) groups is 1. The molecule has 0 fully saturated rings. The number of ether oxygens (including phenoxy) is 2. The molecule has 0 radical (unpaired) electrons. The molecule has 0 saturated heterocycles. The molecule has 124 valence electrons. The van der Waals surface area contributed by atoms with E-state index in [2.05, 4.69) is 34.4 Å². The van der Waals surface area contributed by atoms with Crippen molar-refractivity contribution in [1.29, 1.82) is 0 Å². The van der Waals surface area contributed by atoms with Crippen LogP contribution in [-0.2, 0) is 11.3 Å². The van der Waals surface area contributed by atoms with Gasteiger partial charge in [0.1, 0.15) is 6.61 Å². The minimum atomic E-state index is -0.517. The van der Waals surface area contributed by atoms with Gasteiger partial charge in [-0.05, 0) is 5.56 Å². The van der Waals surface area contributed by atoms with E-state index in [1.54, 1.807) is 0 Å². The molecule has 0 amide bonds. The monoisotopic (exact) mass is 341 g/mol. The van der Waals surface area contributed by atoms with Gasteiger partial charge in [-0.1, -0.05) is 41.9 Å². The maximum absolute atomic E-state index is 11.5. The van der Waals surface area contributed by atoms with Crippen LogP contribution in [0, 0.1) is 0 Å². The van der Waals surface area contributed by atoms with Gasteiger partial charge in [-0.2, -0.15) is 0 Å². The number of hydrogen-bond donors (Lipinski definition) is 0. The number of halogens is 1. The molecule has 0 spiro atoms. The summed E-state index contributed by atoms with van der Waals surface area (Å²) in [5.74, 6) is -0.189. The van der Waals surface area contributed by atoms with E-state index in [9.17, 15) is 4.79 Å². The van der Waals surface area contributed by atoms with Gasteiger partial charge in [-0.3, -0.25) is 0 Å². The van der Waals surface area contributed by atoms with Gasteiger partial charge in [-0.25, -0.2) is 9.78 Å². The number of aromatic nitrogens is 1. The Morgan fingerprint density at radius 1 is 1.29 bits per heavy atom. The van der Waals surface area contributed by atoms with Crippen LogP contribution in [0.5, 0.6) is 5.88 Å². The Kier molecular flexibility index (Phi) is 10.3. The number of esters is 1. The number of methoxy groups -OCH3 is 1. The number of pyridine rings is 1.